The molecule has 2 aromatic carbocycles. The van der Waals surface area contributed by atoms with Gasteiger partial charge >= 0.3 is 169 Å². The van der Waals surface area contributed by atoms with Crippen LogP contribution in [0.5, 0.6) is 0 Å². The zero-order valence-corrected chi connectivity index (χ0v) is 19.7. The monoisotopic (exact) mass is 448 g/mol. The summed E-state index contributed by atoms with van der Waals surface area (Å²) in [5.41, 5.74) is 8.81. The second-order valence-electron chi connectivity index (χ2n) is 6.98. The van der Waals surface area contributed by atoms with Gasteiger partial charge in [0.05, 0.1) is 0 Å². The number of halogens is 2. The molecule has 28 heavy (non-hydrogen) atoms. The first-order valence-corrected chi connectivity index (χ1v) is 9.66. The van der Waals surface area contributed by atoms with Gasteiger partial charge in [0, 0.05) is 0 Å². The first kappa shape index (κ1) is 24.7. The van der Waals surface area contributed by atoms with Gasteiger partial charge in [-0.2, -0.15) is 0 Å². The molecular weight excluding hydrogens is 425 g/mol. The van der Waals surface area contributed by atoms with Crippen LogP contribution in [0.1, 0.15) is 49.2 Å². The van der Waals surface area contributed by atoms with Crippen molar-refractivity contribution in [2.24, 2.45) is 5.92 Å². The van der Waals surface area contributed by atoms with E-state index in [1.54, 1.807) is 3.38 Å². The largest absolute Gasteiger partial charge is 1.00 e. The zero-order chi connectivity index (χ0) is 18.8. The van der Waals surface area contributed by atoms with E-state index in [9.17, 15) is 4.79 Å². The van der Waals surface area contributed by atoms with E-state index in [4.69, 9.17) is 0 Å². The third-order valence-corrected chi connectivity index (χ3v) is 6.11. The van der Waals surface area contributed by atoms with Crippen molar-refractivity contribution in [1.29, 1.82) is 0 Å². The summed E-state index contributed by atoms with van der Waals surface area (Å²) in [4.78, 5) is 12.7. The quantitative estimate of drug-likeness (QED) is 0.580. The van der Waals surface area contributed by atoms with Crippen LogP contribution < -0.4 is 24.8 Å². The number of hydrogen-bond acceptors (Lipinski definition) is 1. The molecule has 0 saturated carbocycles. The fourth-order valence-corrected chi connectivity index (χ4v) is 4.17. The summed E-state index contributed by atoms with van der Waals surface area (Å²) in [6.45, 7) is 9.53. The third-order valence-electron chi connectivity index (χ3n) is 5.54. The van der Waals surface area contributed by atoms with Crippen LogP contribution in [0.3, 0.4) is 0 Å². The van der Waals surface area contributed by atoms with Crippen molar-refractivity contribution >= 4 is 11.5 Å². The summed E-state index contributed by atoms with van der Waals surface area (Å²) in [5.74, 6) is 0.474. The fraction of sp³-hybridized carbons (Fsp3) is 0.261. The van der Waals surface area contributed by atoms with Crippen LogP contribution >= 0.6 is 0 Å². The standard InChI is InChI=1S/C23H25NO.2ClH.Ti/c1-15-16(2)18(4)22(17(15)3)21-13-9-8-12-20(21)14-24-23(25)19-10-6-5-7-11-19;;;/h5-13,17H,14H2,1-4H3,(H,24,25);2*1H;/q;;;+3/p-3. The van der Waals surface area contributed by atoms with E-state index < -0.39 is 0 Å². The van der Waals surface area contributed by atoms with E-state index in [-0.39, 0.29) is 30.7 Å². The molecule has 3 rings (SSSR count). The number of carbonyl (C=O) groups excluding carboxylic acids is 1. The van der Waals surface area contributed by atoms with Gasteiger partial charge in [-0.3, -0.25) is 0 Å². The second kappa shape index (κ2) is 10.5. The van der Waals surface area contributed by atoms with Crippen molar-refractivity contribution in [1.82, 2.24) is 3.38 Å². The summed E-state index contributed by atoms with van der Waals surface area (Å²) in [6, 6.07) is 18.0. The average Bonchev–Trinajstić information content (AvgIpc) is 2.85. The smallest absolute Gasteiger partial charge is 1.00 e. The molecule has 0 N–H and O–H groups in total. The minimum absolute atomic E-state index is 0. The van der Waals surface area contributed by atoms with E-state index in [0.29, 0.717) is 12.5 Å². The van der Waals surface area contributed by atoms with Crippen molar-refractivity contribution in [3.05, 3.63) is 88.0 Å². The number of carbonyl (C=O) groups is 1. The normalized spacial score (nSPS) is 15.9. The summed E-state index contributed by atoms with van der Waals surface area (Å²) < 4.78 is 1.80. The van der Waals surface area contributed by atoms with Crippen LogP contribution in [-0.4, -0.2) is 9.29 Å². The van der Waals surface area contributed by atoms with Gasteiger partial charge in [0.1, 0.15) is 0 Å². The number of benzene rings is 2. The Morgan fingerprint density at radius 3 is 2.07 bits per heavy atom. The molecular formula is C23H24Cl2NOTi. The second-order valence-corrected chi connectivity index (χ2v) is 7.83. The summed E-state index contributed by atoms with van der Waals surface area (Å²) in [7, 11) is 0. The Morgan fingerprint density at radius 1 is 0.929 bits per heavy atom. The fourth-order valence-electron chi connectivity index (χ4n) is 3.70. The minimum atomic E-state index is 0. The van der Waals surface area contributed by atoms with Crippen LogP contribution in [0.2, 0.25) is 0 Å². The molecule has 0 bridgehead atoms. The van der Waals surface area contributed by atoms with Gasteiger partial charge < -0.3 is 24.8 Å². The van der Waals surface area contributed by atoms with Gasteiger partial charge in [-0.05, 0) is 0 Å². The Labute approximate surface area is 192 Å². The van der Waals surface area contributed by atoms with E-state index in [1.165, 1.54) is 33.4 Å². The molecule has 1 atom stereocenters. The summed E-state index contributed by atoms with van der Waals surface area (Å²) in [5, 5.41) is 0. The molecule has 1 aliphatic rings. The van der Waals surface area contributed by atoms with Crippen LogP contribution in [0, 0.1) is 5.92 Å². The SMILES string of the molecule is CC1=C(C)C(C)C(c2ccccc2C[N]([Ti+2])C(=O)c2ccccc2)=C1C.[Cl-].[Cl-]. The van der Waals surface area contributed by atoms with Crippen molar-refractivity contribution in [3.63, 3.8) is 0 Å². The van der Waals surface area contributed by atoms with Crippen LogP contribution in [0.25, 0.3) is 5.57 Å². The number of rotatable bonds is 4. The van der Waals surface area contributed by atoms with Gasteiger partial charge in [-0.1, -0.05) is 0 Å². The first-order valence-electron chi connectivity index (χ1n) is 8.96. The number of nitrogens with zero attached hydrogens (tertiary/aromatic N) is 1. The Bertz CT molecular complexity index is 906. The summed E-state index contributed by atoms with van der Waals surface area (Å²) >= 11 is 1.88. The number of allylic oxidation sites excluding steroid dienone is 4. The molecule has 0 heterocycles. The molecule has 0 aliphatic heterocycles. The van der Waals surface area contributed by atoms with Crippen molar-refractivity contribution in [2.45, 2.75) is 34.2 Å². The van der Waals surface area contributed by atoms with Crippen molar-refractivity contribution < 1.29 is 50.3 Å². The summed E-state index contributed by atoms with van der Waals surface area (Å²) in [6.07, 6.45) is 0. The van der Waals surface area contributed by atoms with E-state index in [1.807, 2.05) is 51.0 Å². The molecule has 5 heteroatoms. The Hall–Kier alpha value is -1.32. The van der Waals surface area contributed by atoms with Crippen molar-refractivity contribution in [2.75, 3.05) is 0 Å². The molecule has 2 nitrogen and oxygen atoms in total. The maximum Gasteiger partial charge on any atom is -1.00 e. The van der Waals surface area contributed by atoms with Gasteiger partial charge in [0.25, 0.3) is 0 Å². The maximum absolute atomic E-state index is 12.7. The van der Waals surface area contributed by atoms with Gasteiger partial charge in [0.2, 0.25) is 0 Å². The van der Waals surface area contributed by atoms with Gasteiger partial charge in [-0.25, -0.2) is 0 Å². The average molecular weight is 449 g/mol. The molecule has 0 aromatic heterocycles. The minimum Gasteiger partial charge on any atom is -1.00 e. The maximum atomic E-state index is 12.7. The van der Waals surface area contributed by atoms with Gasteiger partial charge in [-0.15, -0.1) is 0 Å². The van der Waals surface area contributed by atoms with E-state index in [0.717, 1.165) is 5.56 Å². The molecule has 0 saturated heterocycles. The molecule has 145 valence electrons. The molecule has 1 amide bonds. The van der Waals surface area contributed by atoms with Crippen LogP contribution in [-0.2, 0) is 27.2 Å². The van der Waals surface area contributed by atoms with Crippen LogP contribution in [0.15, 0.2) is 71.3 Å². The molecule has 0 radical (unpaired) electrons. The van der Waals surface area contributed by atoms with Crippen LogP contribution in [0.4, 0.5) is 0 Å². The first-order chi connectivity index (χ1) is 12.4. The molecule has 2 aromatic rings. The molecule has 0 spiro atoms. The molecule has 1 unspecified atom stereocenters. The number of amides is 1. The Kier molecular flexibility index (Phi) is 9.23. The predicted octanol–water partition coefficient (Wildman–Crippen LogP) is -0.442. The van der Waals surface area contributed by atoms with Crippen molar-refractivity contribution in [3.8, 4) is 0 Å². The third kappa shape index (κ3) is 4.80. The van der Waals surface area contributed by atoms with Gasteiger partial charge in [0.15, 0.2) is 0 Å². The predicted molar refractivity (Wildman–Crippen MR) is 103 cm³/mol. The zero-order valence-electron chi connectivity index (χ0n) is 16.6. The number of hydrogen-bond donors (Lipinski definition) is 0. The molecule has 1 aliphatic carbocycles. The Morgan fingerprint density at radius 2 is 1.50 bits per heavy atom. The Balaban J connectivity index is 0.00000196. The van der Waals surface area contributed by atoms with E-state index in [2.05, 4.69) is 52.0 Å². The molecule has 0 fully saturated rings. The van der Waals surface area contributed by atoms with E-state index >= 15 is 0 Å². The topological polar surface area (TPSA) is 20.3 Å².